The number of hydrogen-bond acceptors (Lipinski definition) is 2. The van der Waals surface area contributed by atoms with Gasteiger partial charge < -0.3 is 10.2 Å². The SMILES string of the molecule is Cc1cc(-c2ccc(N)c(Br)c2)c(C)o1. The van der Waals surface area contributed by atoms with Crippen LogP contribution in [0, 0.1) is 13.8 Å². The Kier molecular flexibility index (Phi) is 2.57. The summed E-state index contributed by atoms with van der Waals surface area (Å²) >= 11 is 3.42. The molecule has 1 aromatic heterocycles. The molecule has 2 nitrogen and oxygen atoms in total. The largest absolute Gasteiger partial charge is 0.466 e. The summed E-state index contributed by atoms with van der Waals surface area (Å²) in [5.41, 5.74) is 8.72. The minimum absolute atomic E-state index is 0.747. The average molecular weight is 266 g/mol. The number of nitrogens with two attached hydrogens (primary N) is 1. The van der Waals surface area contributed by atoms with Crippen LogP contribution in [0.4, 0.5) is 5.69 Å². The van der Waals surface area contributed by atoms with Crippen molar-refractivity contribution in [3.8, 4) is 11.1 Å². The quantitative estimate of drug-likeness (QED) is 0.795. The Morgan fingerprint density at radius 3 is 2.47 bits per heavy atom. The van der Waals surface area contributed by atoms with Gasteiger partial charge in [-0.2, -0.15) is 0 Å². The van der Waals surface area contributed by atoms with Crippen LogP contribution in [-0.2, 0) is 0 Å². The maximum Gasteiger partial charge on any atom is 0.108 e. The Hall–Kier alpha value is -1.22. The van der Waals surface area contributed by atoms with E-state index >= 15 is 0 Å². The summed E-state index contributed by atoms with van der Waals surface area (Å²) in [7, 11) is 0. The van der Waals surface area contributed by atoms with E-state index in [2.05, 4.69) is 15.9 Å². The first-order chi connectivity index (χ1) is 7.08. The van der Waals surface area contributed by atoms with Crippen molar-refractivity contribution < 1.29 is 4.42 Å². The minimum atomic E-state index is 0.747. The number of benzene rings is 1. The normalized spacial score (nSPS) is 10.6. The van der Waals surface area contributed by atoms with Gasteiger partial charge >= 0.3 is 0 Å². The molecular weight excluding hydrogens is 254 g/mol. The fraction of sp³-hybridized carbons (Fsp3) is 0.167. The zero-order chi connectivity index (χ0) is 11.0. The second-order valence-electron chi connectivity index (χ2n) is 3.56. The van der Waals surface area contributed by atoms with Gasteiger partial charge in [-0.3, -0.25) is 0 Å². The van der Waals surface area contributed by atoms with Gasteiger partial charge in [-0.1, -0.05) is 6.07 Å². The number of halogens is 1. The first-order valence-corrected chi connectivity index (χ1v) is 5.49. The lowest BCUT2D eigenvalue weighted by atomic mass is 10.1. The van der Waals surface area contributed by atoms with Crippen molar-refractivity contribution in [3.63, 3.8) is 0 Å². The molecule has 15 heavy (non-hydrogen) atoms. The molecule has 1 aromatic carbocycles. The monoisotopic (exact) mass is 265 g/mol. The van der Waals surface area contributed by atoms with Crippen LogP contribution < -0.4 is 5.73 Å². The van der Waals surface area contributed by atoms with Gasteiger partial charge in [-0.25, -0.2) is 0 Å². The average Bonchev–Trinajstić information content (AvgIpc) is 2.50. The molecule has 78 valence electrons. The third kappa shape index (κ3) is 1.92. The molecule has 0 aliphatic rings. The number of nitrogen functional groups attached to an aromatic ring is 1. The molecular formula is C12H12BrNO. The number of hydrogen-bond donors (Lipinski definition) is 1. The van der Waals surface area contributed by atoms with Crippen LogP contribution in [0.2, 0.25) is 0 Å². The van der Waals surface area contributed by atoms with Gasteiger partial charge in [0.1, 0.15) is 11.5 Å². The Balaban J connectivity index is 2.54. The van der Waals surface area contributed by atoms with E-state index in [1.54, 1.807) is 0 Å². The highest BCUT2D eigenvalue weighted by Crippen LogP contribution is 2.30. The maximum absolute atomic E-state index is 5.74. The summed E-state index contributed by atoms with van der Waals surface area (Å²) in [4.78, 5) is 0. The lowest BCUT2D eigenvalue weighted by Crippen LogP contribution is -1.86. The number of furan rings is 1. The van der Waals surface area contributed by atoms with Gasteiger partial charge in [-0.05, 0) is 53.5 Å². The summed E-state index contributed by atoms with van der Waals surface area (Å²) in [6.45, 7) is 3.91. The van der Waals surface area contributed by atoms with Crippen LogP contribution in [0.1, 0.15) is 11.5 Å². The molecule has 0 aliphatic heterocycles. The smallest absolute Gasteiger partial charge is 0.108 e. The van der Waals surface area contributed by atoms with E-state index in [1.165, 1.54) is 0 Å². The van der Waals surface area contributed by atoms with Gasteiger partial charge in [0, 0.05) is 15.7 Å². The van der Waals surface area contributed by atoms with E-state index in [0.717, 1.165) is 32.8 Å². The van der Waals surface area contributed by atoms with Crippen molar-refractivity contribution >= 4 is 21.6 Å². The first-order valence-electron chi connectivity index (χ1n) is 4.70. The molecule has 2 aromatic rings. The van der Waals surface area contributed by atoms with Crippen molar-refractivity contribution in [1.82, 2.24) is 0 Å². The van der Waals surface area contributed by atoms with Crippen LogP contribution in [0.5, 0.6) is 0 Å². The third-order valence-electron chi connectivity index (χ3n) is 2.35. The Bertz CT molecular complexity index is 502. The number of rotatable bonds is 1. The molecule has 0 fully saturated rings. The van der Waals surface area contributed by atoms with Crippen molar-refractivity contribution in [2.24, 2.45) is 0 Å². The summed E-state index contributed by atoms with van der Waals surface area (Å²) in [6.07, 6.45) is 0. The minimum Gasteiger partial charge on any atom is -0.466 e. The lowest BCUT2D eigenvalue weighted by molar-refractivity contribution is 0.505. The van der Waals surface area contributed by atoms with Crippen molar-refractivity contribution in [2.45, 2.75) is 13.8 Å². The van der Waals surface area contributed by atoms with E-state index in [9.17, 15) is 0 Å². The van der Waals surface area contributed by atoms with Crippen molar-refractivity contribution in [3.05, 3.63) is 40.3 Å². The molecule has 1 heterocycles. The highest BCUT2D eigenvalue weighted by molar-refractivity contribution is 9.10. The number of aryl methyl sites for hydroxylation is 2. The van der Waals surface area contributed by atoms with Gasteiger partial charge in [0.2, 0.25) is 0 Å². The van der Waals surface area contributed by atoms with Crippen molar-refractivity contribution in [2.75, 3.05) is 5.73 Å². The molecule has 0 aliphatic carbocycles. The van der Waals surface area contributed by atoms with Gasteiger partial charge in [-0.15, -0.1) is 0 Å². The highest BCUT2D eigenvalue weighted by Gasteiger charge is 2.08. The Labute approximate surface area is 97.2 Å². The van der Waals surface area contributed by atoms with E-state index in [0.29, 0.717) is 0 Å². The van der Waals surface area contributed by atoms with Gasteiger partial charge in [0.05, 0.1) is 0 Å². The second-order valence-corrected chi connectivity index (χ2v) is 4.42. The van der Waals surface area contributed by atoms with Crippen LogP contribution in [-0.4, -0.2) is 0 Å². The summed E-state index contributed by atoms with van der Waals surface area (Å²) in [5, 5.41) is 0. The van der Waals surface area contributed by atoms with Crippen LogP contribution in [0.15, 0.2) is 33.2 Å². The topological polar surface area (TPSA) is 39.2 Å². The van der Waals surface area contributed by atoms with Gasteiger partial charge in [0.15, 0.2) is 0 Å². The lowest BCUT2D eigenvalue weighted by Gasteiger charge is -2.02. The third-order valence-corrected chi connectivity index (χ3v) is 3.04. The second kappa shape index (κ2) is 3.74. The number of anilines is 1. The molecule has 0 radical (unpaired) electrons. The first kappa shape index (κ1) is 10.3. The highest BCUT2D eigenvalue weighted by atomic mass is 79.9. The molecule has 0 saturated carbocycles. The molecule has 0 saturated heterocycles. The van der Waals surface area contributed by atoms with Gasteiger partial charge in [0.25, 0.3) is 0 Å². The fourth-order valence-electron chi connectivity index (χ4n) is 1.61. The zero-order valence-corrected chi connectivity index (χ0v) is 10.3. The van der Waals surface area contributed by atoms with E-state index < -0.39 is 0 Å². The fourth-order valence-corrected chi connectivity index (χ4v) is 1.99. The standard InChI is InChI=1S/C12H12BrNO/c1-7-5-10(8(2)15-7)9-3-4-12(14)11(13)6-9/h3-6H,14H2,1-2H3. The molecule has 3 heteroatoms. The van der Waals surface area contributed by atoms with Crippen molar-refractivity contribution in [1.29, 1.82) is 0 Å². The predicted octanol–water partition coefficient (Wildman–Crippen LogP) is 3.91. The van der Waals surface area contributed by atoms with E-state index in [4.69, 9.17) is 10.2 Å². The van der Waals surface area contributed by atoms with Crippen LogP contribution >= 0.6 is 15.9 Å². The Morgan fingerprint density at radius 2 is 1.93 bits per heavy atom. The van der Waals surface area contributed by atoms with Crippen LogP contribution in [0.3, 0.4) is 0 Å². The summed E-state index contributed by atoms with van der Waals surface area (Å²) in [5.74, 6) is 1.86. The zero-order valence-electron chi connectivity index (χ0n) is 8.67. The van der Waals surface area contributed by atoms with E-state index in [1.807, 2.05) is 38.1 Å². The summed E-state index contributed by atoms with van der Waals surface area (Å²) in [6, 6.07) is 7.93. The predicted molar refractivity (Wildman–Crippen MR) is 65.7 cm³/mol. The molecule has 0 bridgehead atoms. The molecule has 0 spiro atoms. The Morgan fingerprint density at radius 1 is 1.20 bits per heavy atom. The molecule has 2 N–H and O–H groups in total. The maximum atomic E-state index is 5.74. The molecule has 0 atom stereocenters. The molecule has 0 unspecified atom stereocenters. The summed E-state index contributed by atoms with van der Waals surface area (Å²) < 4.78 is 6.41. The van der Waals surface area contributed by atoms with Crippen LogP contribution in [0.25, 0.3) is 11.1 Å². The van der Waals surface area contributed by atoms with E-state index in [-0.39, 0.29) is 0 Å². The molecule has 0 amide bonds. The molecule has 2 rings (SSSR count).